The summed E-state index contributed by atoms with van der Waals surface area (Å²) in [7, 11) is 1.64. The van der Waals surface area contributed by atoms with Crippen molar-refractivity contribution in [3.63, 3.8) is 0 Å². The summed E-state index contributed by atoms with van der Waals surface area (Å²) in [6.45, 7) is 5.64. The Morgan fingerprint density at radius 3 is 2.50 bits per heavy atom. The molecule has 9 heteroatoms. The number of ether oxygens (including phenoxy) is 2. The molecular weight excluding hydrogens is 445 g/mol. The molecular formula is C25H29F3N4O2. The maximum absolute atomic E-state index is 12.9. The third kappa shape index (κ3) is 5.10. The van der Waals surface area contributed by atoms with Crippen molar-refractivity contribution in [1.82, 2.24) is 20.3 Å². The Hall–Kier alpha value is -2.91. The second-order valence-corrected chi connectivity index (χ2v) is 9.22. The Morgan fingerprint density at radius 1 is 1.12 bits per heavy atom. The fraction of sp³-hybridized carbons (Fsp3) is 0.440. The smallest absolute Gasteiger partial charge is 0.416 e. The molecule has 1 aliphatic rings. The highest BCUT2D eigenvalue weighted by atomic mass is 19.4. The molecule has 0 spiro atoms. The number of rotatable bonds is 8. The number of alkyl halides is 3. The van der Waals surface area contributed by atoms with Crippen LogP contribution in [0.25, 0.3) is 0 Å². The number of hydrogen-bond donors (Lipinski definition) is 1. The fourth-order valence-corrected chi connectivity index (χ4v) is 4.36. The quantitative estimate of drug-likeness (QED) is 0.518. The van der Waals surface area contributed by atoms with Crippen LogP contribution in [0.2, 0.25) is 0 Å². The third-order valence-corrected chi connectivity index (χ3v) is 6.45. The number of hydrogen-bond acceptors (Lipinski definition) is 5. The van der Waals surface area contributed by atoms with Gasteiger partial charge < -0.3 is 14.8 Å². The van der Waals surface area contributed by atoms with Gasteiger partial charge >= 0.3 is 6.18 Å². The van der Waals surface area contributed by atoms with E-state index in [1.54, 1.807) is 7.11 Å². The van der Waals surface area contributed by atoms with E-state index in [-0.39, 0.29) is 5.54 Å². The lowest BCUT2D eigenvalue weighted by Crippen LogP contribution is -2.47. The number of benzene rings is 2. The van der Waals surface area contributed by atoms with Crippen LogP contribution in [0, 0.1) is 0 Å². The molecule has 1 fully saturated rings. The number of para-hydroxylation sites is 1. The summed E-state index contributed by atoms with van der Waals surface area (Å²) in [5.41, 5.74) is 1.09. The average Bonchev–Trinajstić information content (AvgIpc) is 3.48. The molecule has 1 saturated heterocycles. The van der Waals surface area contributed by atoms with Crippen molar-refractivity contribution in [3.05, 3.63) is 77.1 Å². The lowest BCUT2D eigenvalue weighted by Gasteiger charge is -2.29. The van der Waals surface area contributed by atoms with E-state index in [1.807, 2.05) is 49.0 Å². The summed E-state index contributed by atoms with van der Waals surface area (Å²) in [5.74, 6) is 0.779. The van der Waals surface area contributed by atoms with Crippen LogP contribution in [0.4, 0.5) is 13.2 Å². The van der Waals surface area contributed by atoms with Gasteiger partial charge in [0.25, 0.3) is 0 Å². The molecule has 0 aliphatic carbocycles. The minimum Gasteiger partial charge on any atom is -0.496 e. The maximum atomic E-state index is 12.9. The van der Waals surface area contributed by atoms with E-state index in [4.69, 9.17) is 9.47 Å². The first kappa shape index (κ1) is 24.2. The van der Waals surface area contributed by atoms with Gasteiger partial charge in [0.05, 0.1) is 36.7 Å². The standard InChI is InChI=1S/C25H29F3N4O2/c1-23(2,21-6-4-5-7-22(21)33-3)32-16-20(30-31-32)15-29-24(12-13-34-17-24)14-18-8-10-19(11-9-18)25(26,27)28/h4-11,16,29H,12-15,17H2,1-3H3. The van der Waals surface area contributed by atoms with E-state index in [9.17, 15) is 13.2 Å². The number of halogens is 3. The predicted octanol–water partition coefficient (Wildman–Crippen LogP) is 4.58. The summed E-state index contributed by atoms with van der Waals surface area (Å²) >= 11 is 0. The molecule has 34 heavy (non-hydrogen) atoms. The number of aromatic nitrogens is 3. The summed E-state index contributed by atoms with van der Waals surface area (Å²) in [6, 6.07) is 13.1. The molecule has 0 bridgehead atoms. The van der Waals surface area contributed by atoms with Gasteiger partial charge in [-0.15, -0.1) is 5.10 Å². The van der Waals surface area contributed by atoms with Gasteiger partial charge in [-0.1, -0.05) is 35.5 Å². The molecule has 182 valence electrons. The third-order valence-electron chi connectivity index (χ3n) is 6.45. The van der Waals surface area contributed by atoms with Crippen molar-refractivity contribution in [2.24, 2.45) is 0 Å². The lowest BCUT2D eigenvalue weighted by atomic mass is 9.89. The molecule has 4 rings (SSSR count). The molecule has 2 heterocycles. The molecule has 1 aromatic heterocycles. The zero-order valence-electron chi connectivity index (χ0n) is 19.5. The SMILES string of the molecule is COc1ccccc1C(C)(C)n1cc(CNC2(Cc3ccc(C(F)(F)F)cc3)CCOC2)nn1. The molecule has 6 nitrogen and oxygen atoms in total. The van der Waals surface area contributed by atoms with Gasteiger partial charge in [-0.3, -0.25) is 0 Å². The highest BCUT2D eigenvalue weighted by molar-refractivity contribution is 5.38. The Labute approximate surface area is 197 Å². The average molecular weight is 475 g/mol. The predicted molar refractivity (Wildman–Crippen MR) is 122 cm³/mol. The van der Waals surface area contributed by atoms with Gasteiger partial charge in [0, 0.05) is 24.3 Å². The van der Waals surface area contributed by atoms with E-state index in [0.717, 1.165) is 41.1 Å². The molecule has 2 aromatic carbocycles. The highest BCUT2D eigenvalue weighted by Gasteiger charge is 2.36. The van der Waals surface area contributed by atoms with Crippen LogP contribution >= 0.6 is 0 Å². The van der Waals surface area contributed by atoms with E-state index in [1.165, 1.54) is 12.1 Å². The van der Waals surface area contributed by atoms with Crippen molar-refractivity contribution >= 4 is 0 Å². The van der Waals surface area contributed by atoms with E-state index < -0.39 is 17.3 Å². The summed E-state index contributed by atoms with van der Waals surface area (Å²) < 4.78 is 51.7. The summed E-state index contributed by atoms with van der Waals surface area (Å²) in [4.78, 5) is 0. The largest absolute Gasteiger partial charge is 0.496 e. The second-order valence-electron chi connectivity index (χ2n) is 9.22. The first-order chi connectivity index (χ1) is 16.1. The highest BCUT2D eigenvalue weighted by Crippen LogP contribution is 2.33. The van der Waals surface area contributed by atoms with Gasteiger partial charge in [0.15, 0.2) is 0 Å². The number of nitrogens with one attached hydrogen (secondary N) is 1. The Balaban J connectivity index is 1.47. The van der Waals surface area contributed by atoms with Crippen molar-refractivity contribution in [2.75, 3.05) is 20.3 Å². The van der Waals surface area contributed by atoms with Crippen molar-refractivity contribution in [3.8, 4) is 5.75 Å². The topological polar surface area (TPSA) is 61.2 Å². The van der Waals surface area contributed by atoms with Gasteiger partial charge in [-0.05, 0) is 50.5 Å². The Kier molecular flexibility index (Phi) is 6.69. The van der Waals surface area contributed by atoms with Crippen LogP contribution in [-0.4, -0.2) is 40.9 Å². The maximum Gasteiger partial charge on any atom is 0.416 e. The van der Waals surface area contributed by atoms with Crippen molar-refractivity contribution < 1.29 is 22.6 Å². The number of nitrogens with zero attached hydrogens (tertiary/aromatic N) is 3. The number of methoxy groups -OCH3 is 1. The molecule has 1 unspecified atom stereocenters. The van der Waals surface area contributed by atoms with E-state index >= 15 is 0 Å². The molecule has 0 radical (unpaired) electrons. The van der Waals surface area contributed by atoms with Crippen LogP contribution < -0.4 is 10.1 Å². The fourth-order valence-electron chi connectivity index (χ4n) is 4.36. The molecule has 1 N–H and O–H groups in total. The molecule has 1 atom stereocenters. The lowest BCUT2D eigenvalue weighted by molar-refractivity contribution is -0.137. The van der Waals surface area contributed by atoms with Gasteiger partial charge in [0.1, 0.15) is 5.75 Å². The first-order valence-corrected chi connectivity index (χ1v) is 11.2. The second kappa shape index (κ2) is 9.38. The van der Waals surface area contributed by atoms with Gasteiger partial charge in [-0.2, -0.15) is 13.2 Å². The molecule has 1 aliphatic heterocycles. The van der Waals surface area contributed by atoms with E-state index in [2.05, 4.69) is 15.6 Å². The molecule has 0 saturated carbocycles. The van der Waals surface area contributed by atoms with Crippen LogP contribution in [0.15, 0.2) is 54.7 Å². The Morgan fingerprint density at radius 2 is 1.85 bits per heavy atom. The molecule has 0 amide bonds. The van der Waals surface area contributed by atoms with Crippen LogP contribution in [-0.2, 0) is 29.4 Å². The zero-order valence-corrected chi connectivity index (χ0v) is 19.5. The minimum absolute atomic E-state index is 0.373. The van der Waals surface area contributed by atoms with Gasteiger partial charge in [0.2, 0.25) is 0 Å². The van der Waals surface area contributed by atoms with Crippen LogP contribution in [0.5, 0.6) is 5.75 Å². The van der Waals surface area contributed by atoms with Gasteiger partial charge in [-0.25, -0.2) is 4.68 Å². The van der Waals surface area contributed by atoms with Crippen molar-refractivity contribution in [1.29, 1.82) is 0 Å². The van der Waals surface area contributed by atoms with E-state index in [0.29, 0.717) is 26.2 Å². The minimum atomic E-state index is -4.34. The molecule has 3 aromatic rings. The zero-order chi connectivity index (χ0) is 24.4. The summed E-state index contributed by atoms with van der Waals surface area (Å²) in [6.07, 6.45) is -1.11. The van der Waals surface area contributed by atoms with Crippen LogP contribution in [0.1, 0.15) is 42.7 Å². The summed E-state index contributed by atoms with van der Waals surface area (Å²) in [5, 5.41) is 12.2. The van der Waals surface area contributed by atoms with Crippen molar-refractivity contribution in [2.45, 2.75) is 50.5 Å². The monoisotopic (exact) mass is 474 g/mol. The Bertz CT molecular complexity index is 1100. The normalized spacial score (nSPS) is 18.9. The van der Waals surface area contributed by atoms with Crippen LogP contribution in [0.3, 0.4) is 0 Å². The first-order valence-electron chi connectivity index (χ1n) is 11.2.